The minimum Gasteiger partial charge on any atom is -0.618 e. The molecular formula is C13H10FNO. The van der Waals surface area contributed by atoms with Crippen LogP contribution < -0.4 is 0 Å². The zero-order chi connectivity index (χ0) is 11.4. The topological polar surface area (TPSA) is 26.1 Å². The van der Waals surface area contributed by atoms with Crippen molar-refractivity contribution in [2.24, 2.45) is 0 Å². The van der Waals surface area contributed by atoms with Gasteiger partial charge in [-0.1, -0.05) is 30.3 Å². The van der Waals surface area contributed by atoms with Crippen LogP contribution in [0.3, 0.4) is 0 Å². The van der Waals surface area contributed by atoms with Crippen molar-refractivity contribution >= 4 is 11.9 Å². The van der Waals surface area contributed by atoms with Gasteiger partial charge in [-0.2, -0.15) is 4.74 Å². The van der Waals surface area contributed by atoms with Crippen LogP contribution in [-0.2, 0) is 0 Å². The quantitative estimate of drug-likeness (QED) is 0.327. The minimum absolute atomic E-state index is 0.279. The Labute approximate surface area is 92.9 Å². The molecule has 80 valence electrons. The van der Waals surface area contributed by atoms with Crippen molar-refractivity contribution in [2.75, 3.05) is 0 Å². The molecule has 0 N–H and O–H groups in total. The summed E-state index contributed by atoms with van der Waals surface area (Å²) in [5.74, 6) is -0.403. The second-order valence-electron chi connectivity index (χ2n) is 3.31. The van der Waals surface area contributed by atoms with E-state index in [4.69, 9.17) is 0 Å². The van der Waals surface area contributed by atoms with Crippen LogP contribution in [0.4, 0.5) is 10.1 Å². The lowest BCUT2D eigenvalue weighted by atomic mass is 10.2. The summed E-state index contributed by atoms with van der Waals surface area (Å²) in [7, 11) is 0. The molecule has 0 saturated heterocycles. The van der Waals surface area contributed by atoms with Gasteiger partial charge in [0.2, 0.25) is 5.69 Å². The fourth-order valence-corrected chi connectivity index (χ4v) is 1.36. The van der Waals surface area contributed by atoms with Crippen LogP contribution in [0.2, 0.25) is 0 Å². The van der Waals surface area contributed by atoms with E-state index in [-0.39, 0.29) is 5.56 Å². The molecule has 0 bridgehead atoms. The van der Waals surface area contributed by atoms with Gasteiger partial charge in [0.05, 0.1) is 5.56 Å². The average Bonchev–Trinajstić information content (AvgIpc) is 2.33. The molecule has 0 fully saturated rings. The average molecular weight is 215 g/mol. The fourth-order valence-electron chi connectivity index (χ4n) is 1.36. The standard InChI is InChI=1S/C13H10FNO/c14-13-9-5-4-6-11(13)10-15(16)12-7-2-1-3-8-12/h1-10H. The van der Waals surface area contributed by atoms with Crippen molar-refractivity contribution in [3.63, 3.8) is 0 Å². The van der Waals surface area contributed by atoms with E-state index in [9.17, 15) is 9.60 Å². The Bertz CT molecular complexity index is 508. The highest BCUT2D eigenvalue weighted by Gasteiger charge is 2.03. The van der Waals surface area contributed by atoms with Gasteiger partial charge in [0.1, 0.15) is 5.82 Å². The Hall–Kier alpha value is -2.16. The second kappa shape index (κ2) is 4.57. The molecule has 0 unspecified atom stereocenters. The molecular weight excluding hydrogens is 205 g/mol. The number of hydrogen-bond donors (Lipinski definition) is 0. The molecule has 0 amide bonds. The summed E-state index contributed by atoms with van der Waals surface area (Å²) in [6.45, 7) is 0. The molecule has 2 nitrogen and oxygen atoms in total. The van der Waals surface area contributed by atoms with E-state index in [0.717, 1.165) is 0 Å². The van der Waals surface area contributed by atoms with Crippen molar-refractivity contribution in [1.29, 1.82) is 0 Å². The highest BCUT2D eigenvalue weighted by atomic mass is 19.1. The molecule has 0 aliphatic rings. The number of rotatable bonds is 2. The van der Waals surface area contributed by atoms with Gasteiger partial charge in [0.25, 0.3) is 0 Å². The Morgan fingerprint density at radius 2 is 1.56 bits per heavy atom. The summed E-state index contributed by atoms with van der Waals surface area (Å²) in [5, 5.41) is 11.7. The first-order valence-corrected chi connectivity index (χ1v) is 4.88. The van der Waals surface area contributed by atoms with Crippen molar-refractivity contribution in [2.45, 2.75) is 0 Å². The maximum Gasteiger partial charge on any atom is 0.216 e. The molecule has 0 heterocycles. The van der Waals surface area contributed by atoms with Crippen LogP contribution >= 0.6 is 0 Å². The second-order valence-corrected chi connectivity index (χ2v) is 3.31. The summed E-state index contributed by atoms with van der Waals surface area (Å²) in [4.78, 5) is 0. The maximum atomic E-state index is 13.3. The first-order chi connectivity index (χ1) is 7.77. The summed E-state index contributed by atoms with van der Waals surface area (Å²) in [6.07, 6.45) is 1.23. The first-order valence-electron chi connectivity index (χ1n) is 4.88. The normalized spacial score (nSPS) is 11.4. The largest absolute Gasteiger partial charge is 0.618 e. The van der Waals surface area contributed by atoms with E-state index in [2.05, 4.69) is 0 Å². The van der Waals surface area contributed by atoms with Crippen LogP contribution in [0.5, 0.6) is 0 Å². The van der Waals surface area contributed by atoms with Crippen LogP contribution in [0, 0.1) is 11.0 Å². The monoisotopic (exact) mass is 215 g/mol. The Balaban J connectivity index is 2.36. The van der Waals surface area contributed by atoms with Gasteiger partial charge in [-0.25, -0.2) is 4.39 Å². The van der Waals surface area contributed by atoms with E-state index in [1.165, 1.54) is 12.3 Å². The molecule has 2 rings (SSSR count). The molecule has 2 aromatic carbocycles. The predicted octanol–water partition coefficient (Wildman–Crippen LogP) is 3.09. The van der Waals surface area contributed by atoms with Gasteiger partial charge < -0.3 is 5.21 Å². The van der Waals surface area contributed by atoms with Crippen LogP contribution in [0.15, 0.2) is 54.6 Å². The Morgan fingerprint density at radius 1 is 0.938 bits per heavy atom. The van der Waals surface area contributed by atoms with Crippen molar-refractivity contribution in [1.82, 2.24) is 0 Å². The lowest BCUT2D eigenvalue weighted by Gasteiger charge is -2.02. The summed E-state index contributed by atoms with van der Waals surface area (Å²) in [5.41, 5.74) is 0.757. The lowest BCUT2D eigenvalue weighted by molar-refractivity contribution is -0.354. The summed E-state index contributed by atoms with van der Waals surface area (Å²) < 4.78 is 13.9. The summed E-state index contributed by atoms with van der Waals surface area (Å²) >= 11 is 0. The highest BCUT2D eigenvalue weighted by molar-refractivity contribution is 5.76. The number of hydrogen-bond acceptors (Lipinski definition) is 1. The van der Waals surface area contributed by atoms with E-state index in [0.29, 0.717) is 10.4 Å². The van der Waals surface area contributed by atoms with Crippen molar-refractivity contribution < 1.29 is 9.13 Å². The summed E-state index contributed by atoms with van der Waals surface area (Å²) in [6, 6.07) is 14.8. The van der Waals surface area contributed by atoms with Crippen LogP contribution in [-0.4, -0.2) is 11.0 Å². The van der Waals surface area contributed by atoms with Gasteiger partial charge in [-0.05, 0) is 12.1 Å². The maximum absolute atomic E-state index is 13.3. The van der Waals surface area contributed by atoms with Crippen LogP contribution in [0.1, 0.15) is 5.56 Å². The highest BCUT2D eigenvalue weighted by Crippen LogP contribution is 2.10. The number of nitrogens with zero attached hydrogens (tertiary/aromatic N) is 1. The zero-order valence-electron chi connectivity index (χ0n) is 8.51. The fraction of sp³-hybridized carbons (Fsp3) is 0. The van der Waals surface area contributed by atoms with Gasteiger partial charge in [0, 0.05) is 12.1 Å². The molecule has 2 aromatic rings. The van der Waals surface area contributed by atoms with E-state index < -0.39 is 5.82 Å². The zero-order valence-corrected chi connectivity index (χ0v) is 8.51. The number of para-hydroxylation sites is 1. The van der Waals surface area contributed by atoms with Crippen molar-refractivity contribution in [3.05, 3.63) is 71.2 Å². The number of halogens is 1. The van der Waals surface area contributed by atoms with Gasteiger partial charge in [0.15, 0.2) is 6.21 Å². The molecule has 0 aromatic heterocycles. The third-order valence-electron chi connectivity index (χ3n) is 2.17. The third kappa shape index (κ3) is 2.25. The Kier molecular flexibility index (Phi) is 2.96. The van der Waals surface area contributed by atoms with Gasteiger partial charge in [-0.15, -0.1) is 0 Å². The predicted molar refractivity (Wildman–Crippen MR) is 61.3 cm³/mol. The molecule has 16 heavy (non-hydrogen) atoms. The number of benzene rings is 2. The van der Waals surface area contributed by atoms with Crippen LogP contribution in [0.25, 0.3) is 0 Å². The van der Waals surface area contributed by atoms with E-state index in [1.54, 1.807) is 42.5 Å². The smallest absolute Gasteiger partial charge is 0.216 e. The molecule has 0 aliphatic heterocycles. The van der Waals surface area contributed by atoms with Gasteiger partial charge in [-0.3, -0.25) is 0 Å². The SMILES string of the molecule is [O-][N+](=Cc1ccccc1F)c1ccccc1. The lowest BCUT2D eigenvalue weighted by Crippen LogP contribution is -2.00. The molecule has 0 spiro atoms. The molecule has 0 aliphatic carbocycles. The minimum atomic E-state index is -0.403. The van der Waals surface area contributed by atoms with Gasteiger partial charge >= 0.3 is 0 Å². The van der Waals surface area contributed by atoms with E-state index in [1.807, 2.05) is 6.07 Å². The van der Waals surface area contributed by atoms with E-state index >= 15 is 0 Å². The molecule has 3 heteroatoms. The molecule has 0 atom stereocenters. The Morgan fingerprint density at radius 3 is 2.25 bits per heavy atom. The molecule has 0 saturated carbocycles. The third-order valence-corrected chi connectivity index (χ3v) is 2.17. The molecule has 0 radical (unpaired) electrons. The van der Waals surface area contributed by atoms with Crippen molar-refractivity contribution in [3.8, 4) is 0 Å². The first kappa shape index (κ1) is 10.4.